The van der Waals surface area contributed by atoms with E-state index in [1.54, 1.807) is 18.2 Å². The maximum Gasteiger partial charge on any atom is 0.308 e. The summed E-state index contributed by atoms with van der Waals surface area (Å²) in [5.41, 5.74) is 5.92. The summed E-state index contributed by atoms with van der Waals surface area (Å²) in [6, 6.07) is 2.12. The van der Waals surface area contributed by atoms with Gasteiger partial charge in [-0.05, 0) is 61.9 Å². The highest BCUT2D eigenvalue weighted by Gasteiger charge is 2.38. The normalized spacial score (nSPS) is 40.9. The van der Waals surface area contributed by atoms with Crippen molar-refractivity contribution >= 4 is 11.9 Å². The number of hydrogen-bond donors (Lipinski definition) is 3. The van der Waals surface area contributed by atoms with E-state index in [1.807, 2.05) is 13.8 Å². The molecule has 7 heteroatoms. The Bertz CT molecular complexity index is 817. The van der Waals surface area contributed by atoms with Gasteiger partial charge in [0, 0.05) is 18.3 Å². The molecule has 0 bridgehead atoms. The maximum atomic E-state index is 12.8. The molecular formula is C28H44N2O5. The third kappa shape index (κ3) is 8.77. The van der Waals surface area contributed by atoms with Crippen molar-refractivity contribution in [1.82, 2.24) is 0 Å². The predicted molar refractivity (Wildman–Crippen MR) is 134 cm³/mol. The summed E-state index contributed by atoms with van der Waals surface area (Å²) in [6.07, 6.45) is 7.96. The van der Waals surface area contributed by atoms with E-state index >= 15 is 0 Å². The molecule has 0 aromatic carbocycles. The number of amides is 1. The van der Waals surface area contributed by atoms with Gasteiger partial charge in [-0.1, -0.05) is 46.3 Å². The molecule has 2 aliphatic rings. The lowest BCUT2D eigenvalue weighted by molar-refractivity contribution is -0.156. The van der Waals surface area contributed by atoms with Crippen LogP contribution in [-0.2, 0) is 14.3 Å². The van der Waals surface area contributed by atoms with E-state index in [0.717, 1.165) is 32.1 Å². The van der Waals surface area contributed by atoms with Gasteiger partial charge in [0.25, 0.3) is 0 Å². The van der Waals surface area contributed by atoms with Crippen molar-refractivity contribution in [3.8, 4) is 6.07 Å². The molecule has 7 nitrogen and oxygen atoms in total. The standard InChI is InChI=1S/C28H44N2O5/c1-17-12-18(2)14-20(4)27(33)21(16-29)8-5-6-11-25(22-9-7-10-23(22)28(30)34)35-26(32)15-24(31)19(3)13-17/h5-6,8,17-20,22-25,27,31,33H,7,9-15H2,1-4H3,(H2,30,34)/b6-5+,21-8-/t17-,18+,19-,20+,22?,23+,24-,25-,27+/m1/s1. The minimum atomic E-state index is -0.857. The summed E-state index contributed by atoms with van der Waals surface area (Å²) in [7, 11) is 0. The van der Waals surface area contributed by atoms with Crippen LogP contribution in [0, 0.1) is 46.8 Å². The predicted octanol–water partition coefficient (Wildman–Crippen LogP) is 4.04. The van der Waals surface area contributed by atoms with Gasteiger partial charge in [0.2, 0.25) is 5.91 Å². The van der Waals surface area contributed by atoms with Crippen molar-refractivity contribution < 1.29 is 24.5 Å². The van der Waals surface area contributed by atoms with Gasteiger partial charge in [-0.25, -0.2) is 0 Å². The van der Waals surface area contributed by atoms with E-state index in [0.29, 0.717) is 30.3 Å². The molecule has 1 saturated carbocycles. The minimum Gasteiger partial charge on any atom is -0.462 e. The summed E-state index contributed by atoms with van der Waals surface area (Å²) in [6.45, 7) is 8.21. The molecule has 0 aromatic rings. The lowest BCUT2D eigenvalue weighted by Crippen LogP contribution is -2.36. The van der Waals surface area contributed by atoms with Crippen LogP contribution in [0.15, 0.2) is 23.8 Å². The van der Waals surface area contributed by atoms with Crippen LogP contribution >= 0.6 is 0 Å². The SMILES string of the molecule is C[C@@H]1C[C@H](C)C[C@H](C)[C@H](O)/C(C#N)=C\C=C\C[C@H](C2CCC[C@@H]2C(N)=O)OC(=O)C[C@@H](O)[C@H](C)C1. The van der Waals surface area contributed by atoms with E-state index in [9.17, 15) is 25.1 Å². The number of primary amides is 1. The molecular weight excluding hydrogens is 444 g/mol. The van der Waals surface area contributed by atoms with Gasteiger partial charge in [0.05, 0.1) is 30.3 Å². The van der Waals surface area contributed by atoms with E-state index in [2.05, 4.69) is 19.9 Å². The van der Waals surface area contributed by atoms with Crippen LogP contribution in [0.1, 0.15) is 79.1 Å². The Balaban J connectivity index is 2.30. The topological polar surface area (TPSA) is 134 Å². The van der Waals surface area contributed by atoms with E-state index in [1.165, 1.54) is 0 Å². The quantitative estimate of drug-likeness (QED) is 0.502. The van der Waals surface area contributed by atoms with Gasteiger partial charge in [0.15, 0.2) is 0 Å². The summed E-state index contributed by atoms with van der Waals surface area (Å²) >= 11 is 0. The first-order valence-corrected chi connectivity index (χ1v) is 13.1. The summed E-state index contributed by atoms with van der Waals surface area (Å²) in [5.74, 6) is -0.824. The van der Waals surface area contributed by atoms with E-state index in [-0.39, 0.29) is 36.0 Å². The van der Waals surface area contributed by atoms with Crippen LogP contribution in [0.25, 0.3) is 0 Å². The number of cyclic esters (lactones) is 1. The molecule has 35 heavy (non-hydrogen) atoms. The fourth-order valence-corrected chi connectivity index (χ4v) is 6.01. The second-order valence-corrected chi connectivity index (χ2v) is 11.1. The fourth-order valence-electron chi connectivity index (χ4n) is 6.01. The van der Waals surface area contributed by atoms with Crippen LogP contribution in [-0.4, -0.2) is 40.4 Å². The average molecular weight is 489 g/mol. The Morgan fingerprint density at radius 2 is 1.74 bits per heavy atom. The molecule has 1 heterocycles. The van der Waals surface area contributed by atoms with Gasteiger partial charge in [-0.3, -0.25) is 9.59 Å². The number of nitrogens with zero attached hydrogens (tertiary/aromatic N) is 1. The van der Waals surface area contributed by atoms with Crippen LogP contribution in [0.3, 0.4) is 0 Å². The molecule has 1 aliphatic heterocycles. The lowest BCUT2D eigenvalue weighted by atomic mass is 9.82. The zero-order chi connectivity index (χ0) is 26.1. The third-order valence-corrected chi connectivity index (χ3v) is 7.85. The van der Waals surface area contributed by atoms with Crippen LogP contribution < -0.4 is 5.73 Å². The van der Waals surface area contributed by atoms with Crippen molar-refractivity contribution in [3.63, 3.8) is 0 Å². The number of carbonyl (C=O) groups excluding carboxylic acids is 2. The monoisotopic (exact) mass is 488 g/mol. The Kier molecular flexibility index (Phi) is 11.5. The number of carbonyl (C=O) groups is 2. The van der Waals surface area contributed by atoms with Crippen molar-refractivity contribution in [2.75, 3.05) is 0 Å². The molecule has 0 spiro atoms. The fraction of sp³-hybridized carbons (Fsp3) is 0.750. The third-order valence-electron chi connectivity index (χ3n) is 7.85. The number of esters is 1. The Labute approximate surface area is 210 Å². The van der Waals surface area contributed by atoms with E-state index < -0.39 is 24.3 Å². The van der Waals surface area contributed by atoms with Crippen molar-refractivity contribution in [2.24, 2.45) is 41.2 Å². The number of aliphatic hydroxyl groups is 2. The first-order chi connectivity index (χ1) is 16.5. The zero-order valence-corrected chi connectivity index (χ0v) is 21.7. The van der Waals surface area contributed by atoms with Gasteiger partial charge >= 0.3 is 5.97 Å². The van der Waals surface area contributed by atoms with Gasteiger partial charge in [-0.15, -0.1) is 0 Å². The van der Waals surface area contributed by atoms with Gasteiger partial charge in [0.1, 0.15) is 6.10 Å². The largest absolute Gasteiger partial charge is 0.462 e. The number of nitrogens with two attached hydrogens (primary N) is 1. The smallest absolute Gasteiger partial charge is 0.308 e. The summed E-state index contributed by atoms with van der Waals surface area (Å²) < 4.78 is 5.82. The highest BCUT2D eigenvalue weighted by Crippen LogP contribution is 2.37. The Morgan fingerprint density at radius 3 is 2.37 bits per heavy atom. The molecule has 1 unspecified atom stereocenters. The van der Waals surface area contributed by atoms with Crippen molar-refractivity contribution in [2.45, 2.75) is 97.4 Å². The van der Waals surface area contributed by atoms with E-state index in [4.69, 9.17) is 10.5 Å². The summed E-state index contributed by atoms with van der Waals surface area (Å²) in [5, 5.41) is 31.1. The first-order valence-electron chi connectivity index (χ1n) is 13.1. The number of aliphatic hydroxyl groups excluding tert-OH is 2. The van der Waals surface area contributed by atoms with Gasteiger partial charge < -0.3 is 20.7 Å². The average Bonchev–Trinajstić information content (AvgIpc) is 3.27. The molecule has 9 atom stereocenters. The number of ether oxygens (including phenoxy) is 1. The Morgan fingerprint density at radius 1 is 1.09 bits per heavy atom. The van der Waals surface area contributed by atoms with Gasteiger partial charge in [-0.2, -0.15) is 5.26 Å². The lowest BCUT2D eigenvalue weighted by Gasteiger charge is -2.28. The number of nitriles is 1. The molecule has 1 amide bonds. The zero-order valence-electron chi connectivity index (χ0n) is 21.7. The molecule has 1 aliphatic carbocycles. The number of allylic oxidation sites excluding steroid dienone is 2. The highest BCUT2D eigenvalue weighted by molar-refractivity contribution is 5.77. The van der Waals surface area contributed by atoms with Crippen LogP contribution in [0.2, 0.25) is 0 Å². The molecule has 0 radical (unpaired) electrons. The number of rotatable bonds is 2. The van der Waals surface area contributed by atoms with Crippen LogP contribution in [0.4, 0.5) is 0 Å². The number of hydrogen-bond acceptors (Lipinski definition) is 6. The second-order valence-electron chi connectivity index (χ2n) is 11.1. The van der Waals surface area contributed by atoms with Crippen molar-refractivity contribution in [3.05, 3.63) is 23.8 Å². The summed E-state index contributed by atoms with van der Waals surface area (Å²) in [4.78, 5) is 24.8. The second kappa shape index (κ2) is 13.8. The molecule has 1 fully saturated rings. The van der Waals surface area contributed by atoms with Crippen molar-refractivity contribution in [1.29, 1.82) is 5.26 Å². The highest BCUT2D eigenvalue weighted by atomic mass is 16.5. The maximum absolute atomic E-state index is 12.8. The molecule has 0 saturated heterocycles. The Hall–Kier alpha value is -2.17. The minimum absolute atomic E-state index is 0.0667. The molecule has 4 N–H and O–H groups in total. The molecule has 196 valence electrons. The molecule has 0 aromatic heterocycles. The molecule has 2 rings (SSSR count). The first kappa shape index (κ1) is 29.1. The van der Waals surface area contributed by atoms with Crippen LogP contribution in [0.5, 0.6) is 0 Å².